The summed E-state index contributed by atoms with van der Waals surface area (Å²) in [6, 6.07) is 9.45. The fraction of sp³-hybridized carbons (Fsp3) is 0.333. The number of hydrogen-bond donors (Lipinski definition) is 0. The number of rotatable bonds is 3. The monoisotopic (exact) mass is 354 g/mol. The minimum atomic E-state index is -2.34. The van der Waals surface area contributed by atoms with Crippen LogP contribution in [0.1, 0.15) is 0 Å². The van der Waals surface area contributed by atoms with Crippen molar-refractivity contribution in [3.8, 4) is 0 Å². The molecule has 0 fully saturated rings. The molecular weight excluding hydrogens is 338 g/mol. The van der Waals surface area contributed by atoms with Gasteiger partial charge in [-0.05, 0) is 0 Å². The molecule has 1 atom stereocenters. The molecule has 0 radical (unpaired) electrons. The van der Waals surface area contributed by atoms with Crippen molar-refractivity contribution < 1.29 is 5.99 Å². The molecule has 2 nitrogen and oxygen atoms in total. The maximum atomic E-state index is 11.7. The van der Waals surface area contributed by atoms with Gasteiger partial charge in [-0.25, -0.2) is 0 Å². The third-order valence-corrected chi connectivity index (χ3v) is 13.7. The van der Waals surface area contributed by atoms with Gasteiger partial charge in [-0.2, -0.15) is 0 Å². The second kappa shape index (κ2) is 4.69. The first-order valence-electron chi connectivity index (χ1n) is 4.15. The molecule has 1 rings (SSSR count). The van der Waals surface area contributed by atoms with E-state index < -0.39 is 33.0 Å². The molecule has 72 valence electrons. The Morgan fingerprint density at radius 3 is 2.15 bits per heavy atom. The normalized spacial score (nSPS) is 14.1. The van der Waals surface area contributed by atoms with Crippen molar-refractivity contribution in [2.45, 2.75) is 14.8 Å². The molecule has 0 heterocycles. The molecule has 0 N–H and O–H groups in total. The molecule has 0 amide bonds. The second-order valence-corrected chi connectivity index (χ2v) is 20.6. The summed E-state index contributed by atoms with van der Waals surface area (Å²) in [6.45, 7) is 0. The second-order valence-electron chi connectivity index (χ2n) is 3.74. The molecule has 0 saturated heterocycles. The fourth-order valence-corrected chi connectivity index (χ4v) is 10.9. The van der Waals surface area contributed by atoms with E-state index >= 15 is 0 Å². The first kappa shape index (κ1) is 11.4. The summed E-state index contributed by atoms with van der Waals surface area (Å²) in [7, 11) is 0. The molecule has 4 heteroatoms. The molecule has 0 bridgehead atoms. The Morgan fingerprint density at radius 1 is 1.15 bits per heavy atom. The summed E-state index contributed by atoms with van der Waals surface area (Å²) < 4.78 is 18.2. The van der Waals surface area contributed by atoms with Crippen LogP contribution in [0, 0.1) is 0 Å². The molecule has 0 aliphatic rings. The molecule has 0 saturated carbocycles. The van der Waals surface area contributed by atoms with Gasteiger partial charge < -0.3 is 0 Å². The third kappa shape index (κ3) is 4.36. The molecule has 13 heavy (non-hydrogen) atoms. The zero-order valence-electron chi connectivity index (χ0n) is 8.11. The van der Waals surface area contributed by atoms with E-state index in [9.17, 15) is 3.83 Å². The Bertz CT molecular complexity index is 292. The Kier molecular flexibility index (Phi) is 4.10. The molecule has 0 aliphatic heterocycles. The van der Waals surface area contributed by atoms with Crippen molar-refractivity contribution in [2.24, 2.45) is 0 Å². The van der Waals surface area contributed by atoms with Crippen LogP contribution in [0.2, 0.25) is 14.8 Å². The van der Waals surface area contributed by atoms with Crippen LogP contribution in [-0.2, 0) is 5.99 Å². The number of hydrogen-bond acceptors (Lipinski definition) is 2. The van der Waals surface area contributed by atoms with Gasteiger partial charge in [0.2, 0.25) is 0 Å². The van der Waals surface area contributed by atoms with Gasteiger partial charge in [0.05, 0.1) is 0 Å². The van der Waals surface area contributed by atoms with Crippen LogP contribution in [0.25, 0.3) is 0 Å². The van der Waals surface area contributed by atoms with E-state index in [0.29, 0.717) is 0 Å². The zero-order valence-corrected chi connectivity index (χ0v) is 12.7. The molecule has 1 unspecified atom stereocenters. The van der Waals surface area contributed by atoms with Crippen LogP contribution in [0.15, 0.2) is 30.3 Å². The first-order valence-corrected chi connectivity index (χ1v) is 16.1. The van der Waals surface area contributed by atoms with Gasteiger partial charge in [-0.1, -0.05) is 0 Å². The Labute approximate surface area is 88.1 Å². The van der Waals surface area contributed by atoms with Crippen molar-refractivity contribution in [1.29, 1.82) is 0 Å². The van der Waals surface area contributed by atoms with Gasteiger partial charge in [-0.15, -0.1) is 0 Å². The molecule has 1 aromatic rings. The zero-order chi connectivity index (χ0) is 9.90. The van der Waals surface area contributed by atoms with Crippen molar-refractivity contribution in [1.82, 2.24) is 0 Å². The van der Waals surface area contributed by atoms with Crippen molar-refractivity contribution >= 4 is 37.4 Å². The summed E-state index contributed by atoms with van der Waals surface area (Å²) >= 11 is -4.55. The van der Waals surface area contributed by atoms with Gasteiger partial charge >= 0.3 is 88.6 Å². The SMILES string of the molecule is [CH3][Sn]([CH3])([CH3])[O][Se](=O)c1ccccc1. The maximum absolute atomic E-state index is 11.7. The Morgan fingerprint density at radius 2 is 1.69 bits per heavy atom. The van der Waals surface area contributed by atoms with Gasteiger partial charge in [-0.3, -0.25) is 0 Å². The van der Waals surface area contributed by atoms with E-state index in [1.165, 1.54) is 0 Å². The van der Waals surface area contributed by atoms with Crippen LogP contribution in [0.5, 0.6) is 0 Å². The van der Waals surface area contributed by atoms with E-state index in [2.05, 4.69) is 14.8 Å². The quantitative estimate of drug-likeness (QED) is 0.774. The van der Waals surface area contributed by atoms with Crippen LogP contribution in [0.4, 0.5) is 0 Å². The topological polar surface area (TPSA) is 26.3 Å². The van der Waals surface area contributed by atoms with Crippen LogP contribution >= 0.6 is 0 Å². The third-order valence-electron chi connectivity index (χ3n) is 1.26. The average molecular weight is 352 g/mol. The van der Waals surface area contributed by atoms with E-state index in [-0.39, 0.29) is 0 Å². The van der Waals surface area contributed by atoms with E-state index in [1.54, 1.807) is 0 Å². The van der Waals surface area contributed by atoms with E-state index in [4.69, 9.17) is 2.16 Å². The predicted molar refractivity (Wildman–Crippen MR) is 56.9 cm³/mol. The summed E-state index contributed by atoms with van der Waals surface area (Å²) in [5, 5.41) is 0. The Hall–Kier alpha value is 0.298. The first-order chi connectivity index (χ1) is 5.99. The molecule has 0 aliphatic carbocycles. The van der Waals surface area contributed by atoms with Gasteiger partial charge in [0.1, 0.15) is 0 Å². The van der Waals surface area contributed by atoms with Gasteiger partial charge in [0.25, 0.3) is 0 Å². The van der Waals surface area contributed by atoms with Crippen molar-refractivity contribution in [3.63, 3.8) is 0 Å². The molecule has 1 aromatic carbocycles. The van der Waals surface area contributed by atoms with E-state index in [1.807, 2.05) is 30.3 Å². The predicted octanol–water partition coefficient (Wildman–Crippen LogP) is 1.66. The van der Waals surface area contributed by atoms with E-state index in [0.717, 1.165) is 4.46 Å². The average Bonchev–Trinajstić information content (AvgIpc) is 2.03. The Balaban J connectivity index is 2.71. The summed E-state index contributed by atoms with van der Waals surface area (Å²) in [5.41, 5.74) is 0. The van der Waals surface area contributed by atoms with Crippen molar-refractivity contribution in [3.05, 3.63) is 30.3 Å². The molecule has 0 spiro atoms. The van der Waals surface area contributed by atoms with Gasteiger partial charge in [0, 0.05) is 0 Å². The standard InChI is InChI=1S/C6H6O2Se.3CH3.Sn/c7-9(8)6-4-2-1-3-5-6;;;;/h1-5H,(H,7,8);3*1H3;/q;;;;+1/p-1. The summed E-state index contributed by atoms with van der Waals surface area (Å²) in [4.78, 5) is 6.35. The van der Waals surface area contributed by atoms with Crippen LogP contribution in [-0.4, -0.2) is 33.0 Å². The van der Waals surface area contributed by atoms with Crippen LogP contribution < -0.4 is 4.46 Å². The fourth-order valence-electron chi connectivity index (χ4n) is 0.807. The summed E-state index contributed by atoms with van der Waals surface area (Å²) in [5.74, 6) is 0. The van der Waals surface area contributed by atoms with Gasteiger partial charge in [0.15, 0.2) is 0 Å². The summed E-state index contributed by atoms with van der Waals surface area (Å²) in [6.07, 6.45) is 0. The van der Waals surface area contributed by atoms with Crippen molar-refractivity contribution in [2.75, 3.05) is 0 Å². The molecule has 0 aromatic heterocycles. The number of benzene rings is 1. The molecular formula is C9H14O2SeSn. The van der Waals surface area contributed by atoms with Crippen LogP contribution in [0.3, 0.4) is 0 Å². The minimum absolute atomic E-state index is 0.856.